The first-order valence-electron chi connectivity index (χ1n) is 31.1. The summed E-state index contributed by atoms with van der Waals surface area (Å²) in [5, 5.41) is 0.873. The molecule has 0 fully saturated rings. The molecule has 0 saturated carbocycles. The molecule has 0 aliphatic heterocycles. The maximum Gasteiger partial charge on any atom is 0.123 e. The van der Waals surface area contributed by atoms with Gasteiger partial charge in [-0.2, -0.15) is 0 Å². The van der Waals surface area contributed by atoms with Gasteiger partial charge in [-0.1, -0.05) is 208 Å². The predicted octanol–water partition coefficient (Wildman–Crippen LogP) is 22.1. The van der Waals surface area contributed by atoms with Crippen LogP contribution in [0.25, 0.3) is 0 Å². The van der Waals surface area contributed by atoms with E-state index in [2.05, 4.69) is 197 Å². The molecule has 7 aromatic rings. The zero-order chi connectivity index (χ0) is 56.1. The van der Waals surface area contributed by atoms with Gasteiger partial charge in [-0.3, -0.25) is 0 Å². The summed E-state index contributed by atoms with van der Waals surface area (Å²) >= 11 is 5.89. The second-order valence-corrected chi connectivity index (χ2v) is 25.9. The van der Waals surface area contributed by atoms with Crippen LogP contribution in [0.2, 0.25) is 5.02 Å². The van der Waals surface area contributed by atoms with Gasteiger partial charge in [0.2, 0.25) is 0 Å². The van der Waals surface area contributed by atoms with Gasteiger partial charge in [0, 0.05) is 5.02 Å². The molecule has 0 heterocycles. The molecule has 0 radical (unpaired) electrons. The molecule has 7 atom stereocenters. The van der Waals surface area contributed by atoms with Crippen LogP contribution in [0.4, 0.5) is 4.39 Å². The highest BCUT2D eigenvalue weighted by atomic mass is 35.5. The summed E-state index contributed by atoms with van der Waals surface area (Å²) < 4.78 is 12.7. The fraction of sp³-hybridized carbons (Fsp3) is 0.455. The Morgan fingerprint density at radius 3 is 1.43 bits per heavy atom. The van der Waals surface area contributed by atoms with Crippen molar-refractivity contribution in [2.75, 3.05) is 0 Å². The minimum absolute atomic E-state index is 0.0992. The molecule has 0 aromatic heterocycles. The molecule has 7 aliphatic carbocycles. The molecule has 0 N–H and O–H groups in total. The lowest BCUT2D eigenvalue weighted by Crippen LogP contribution is -2.23. The van der Waals surface area contributed by atoms with E-state index >= 15 is 0 Å². The number of halogens is 2. The van der Waals surface area contributed by atoms with Gasteiger partial charge in [0.15, 0.2) is 0 Å². The molecule has 418 valence electrons. The fourth-order valence-corrected chi connectivity index (χ4v) is 14.0. The molecule has 0 saturated heterocycles. The normalized spacial score (nSPS) is 22.7. The molecule has 7 aromatic carbocycles. The van der Waals surface area contributed by atoms with E-state index in [0.717, 1.165) is 41.0 Å². The Balaban J connectivity index is 0.000000121. The number of fused-ring (bicyclic) bond motifs is 7. The first-order chi connectivity index (χ1) is 38.1. The van der Waals surface area contributed by atoms with Gasteiger partial charge in [0.1, 0.15) is 5.82 Å². The maximum absolute atomic E-state index is 12.7. The maximum atomic E-state index is 12.7. The van der Waals surface area contributed by atoms with Crippen molar-refractivity contribution >= 4 is 11.6 Å². The summed E-state index contributed by atoms with van der Waals surface area (Å²) in [5.74, 6) is 5.25. The van der Waals surface area contributed by atoms with Gasteiger partial charge in [0.25, 0.3) is 0 Å². The standard InChI is InChI=1S/3C12H16.C11H14.C10H11Cl.C10H11F.C10H12/c1-12(2)9-5-7-10-6-3-4-8-11(10)12;1-9-7-8-11-5-3-4-6-12(11)10(9)2;1-3-10-5-7-12-9(2)4-6-11(12)8-10;1-9-5-4-7-10-6-2-3-8-11(9)10;1-7-2-3-8-4-5-9(11)6-10(7)8;1-7-2-3-8-6-9(11)4-5-10(7)8;1-8-6-7-9-4-2-3-5-10(8)9/h3-4,6,8H,5,7,9H2,1-2H3;3-6,9-10H,7-8H2,1-2H3;5,7-9H,3-4,6H2,1-2H3;2-3,6,8-9H,4-5,7H2,1H3;2*4-7H,2-3H2,1H3;2-5,8H,6-7H2,1H3. The van der Waals surface area contributed by atoms with E-state index in [9.17, 15) is 4.39 Å². The quantitative estimate of drug-likeness (QED) is 0.154. The van der Waals surface area contributed by atoms with E-state index < -0.39 is 0 Å². The second-order valence-electron chi connectivity index (χ2n) is 25.4. The predicted molar refractivity (Wildman–Crippen MR) is 340 cm³/mol. The van der Waals surface area contributed by atoms with Gasteiger partial charge in [-0.25, -0.2) is 4.39 Å². The third-order valence-corrected chi connectivity index (χ3v) is 19.6. The summed E-state index contributed by atoms with van der Waals surface area (Å²) in [5.41, 5.74) is 23.2. The van der Waals surface area contributed by atoms with Crippen molar-refractivity contribution in [3.63, 3.8) is 0 Å². The summed E-state index contributed by atoms with van der Waals surface area (Å²) in [6.07, 6.45) is 21.8. The van der Waals surface area contributed by atoms with E-state index in [0.29, 0.717) is 17.3 Å². The van der Waals surface area contributed by atoms with Crippen LogP contribution in [0.15, 0.2) is 152 Å². The van der Waals surface area contributed by atoms with Gasteiger partial charge in [-0.05, 0) is 264 Å². The smallest absolute Gasteiger partial charge is 0.123 e. The highest BCUT2D eigenvalue weighted by Crippen LogP contribution is 2.39. The molecule has 0 spiro atoms. The van der Waals surface area contributed by atoms with Gasteiger partial charge in [0.05, 0.1) is 0 Å². The fourth-order valence-electron chi connectivity index (χ4n) is 13.8. The summed E-state index contributed by atoms with van der Waals surface area (Å²) in [6, 6.07) is 53.8. The van der Waals surface area contributed by atoms with Crippen molar-refractivity contribution in [3.8, 4) is 0 Å². The first-order valence-corrected chi connectivity index (χ1v) is 31.5. The van der Waals surface area contributed by atoms with Crippen molar-refractivity contribution in [2.24, 2.45) is 5.92 Å². The Kier molecular flexibility index (Phi) is 21.6. The Bertz CT molecular complexity index is 3050. The minimum atomic E-state index is -0.0992. The second kappa shape index (κ2) is 28.4. The summed E-state index contributed by atoms with van der Waals surface area (Å²) in [7, 11) is 0. The monoisotopic (exact) mass is 1070 g/mol. The largest absolute Gasteiger partial charge is 0.207 e. The molecule has 0 nitrogen and oxygen atoms in total. The summed E-state index contributed by atoms with van der Waals surface area (Å²) in [6.45, 7) is 23.1. The molecule has 14 rings (SSSR count). The minimum Gasteiger partial charge on any atom is -0.207 e. The van der Waals surface area contributed by atoms with E-state index in [4.69, 9.17) is 11.6 Å². The highest BCUT2D eigenvalue weighted by Gasteiger charge is 2.27. The van der Waals surface area contributed by atoms with Crippen molar-refractivity contribution in [1.82, 2.24) is 0 Å². The SMILES string of the molecule is CC1(C)CCCc2ccccc21.CC1CCCc2ccccc21.CC1CCc2cc(F)ccc21.CC1CCc2ccc(Cl)cc21.CC1CCc2ccccc21.CC1CCc2ccccc2C1C.CCc1ccc2c(c1)CCC2C. The highest BCUT2D eigenvalue weighted by molar-refractivity contribution is 6.30. The lowest BCUT2D eigenvalue weighted by Gasteiger charge is -2.32. The van der Waals surface area contributed by atoms with E-state index in [-0.39, 0.29) is 5.82 Å². The first kappa shape index (κ1) is 59.9. The number of hydrogen-bond donors (Lipinski definition) is 0. The van der Waals surface area contributed by atoms with Gasteiger partial charge >= 0.3 is 0 Å². The van der Waals surface area contributed by atoms with Crippen molar-refractivity contribution in [3.05, 3.63) is 246 Å². The van der Waals surface area contributed by atoms with Crippen LogP contribution in [0.5, 0.6) is 0 Å². The third kappa shape index (κ3) is 15.8. The van der Waals surface area contributed by atoms with Crippen molar-refractivity contribution in [2.45, 2.75) is 219 Å². The van der Waals surface area contributed by atoms with Crippen LogP contribution in [0.1, 0.15) is 246 Å². The summed E-state index contributed by atoms with van der Waals surface area (Å²) in [4.78, 5) is 0. The van der Waals surface area contributed by atoms with E-state index in [1.165, 1.54) is 131 Å². The Morgan fingerprint density at radius 1 is 0.405 bits per heavy atom. The Hall–Kier alpha value is -5.24. The average Bonchev–Trinajstić information content (AvgIpc) is 4.27. The van der Waals surface area contributed by atoms with Crippen LogP contribution < -0.4 is 0 Å². The number of aryl methyl sites for hydroxylation is 8. The topological polar surface area (TPSA) is 0 Å². The molecule has 7 aliphatic rings. The van der Waals surface area contributed by atoms with Gasteiger partial charge < -0.3 is 0 Å². The number of benzene rings is 7. The average molecular weight is 1080 g/mol. The molecule has 2 heteroatoms. The Morgan fingerprint density at radius 2 is 0.848 bits per heavy atom. The van der Waals surface area contributed by atoms with Crippen LogP contribution in [0, 0.1) is 11.7 Å². The van der Waals surface area contributed by atoms with E-state index in [1.807, 2.05) is 12.1 Å². The van der Waals surface area contributed by atoms with Crippen LogP contribution >= 0.6 is 11.6 Å². The number of rotatable bonds is 1. The van der Waals surface area contributed by atoms with Gasteiger partial charge in [-0.15, -0.1) is 0 Å². The van der Waals surface area contributed by atoms with Crippen LogP contribution in [0.3, 0.4) is 0 Å². The molecular weight excluding hydrogens is 979 g/mol. The molecular formula is C77H96ClF. The van der Waals surface area contributed by atoms with Crippen LogP contribution in [-0.2, 0) is 56.8 Å². The molecule has 79 heavy (non-hydrogen) atoms. The molecule has 0 amide bonds. The van der Waals surface area contributed by atoms with Crippen molar-refractivity contribution < 1.29 is 4.39 Å². The lowest BCUT2D eigenvalue weighted by atomic mass is 9.73. The molecule has 7 unspecified atom stereocenters. The number of hydrogen-bond acceptors (Lipinski definition) is 0. The van der Waals surface area contributed by atoms with E-state index in [1.54, 1.807) is 67.8 Å². The zero-order valence-electron chi connectivity index (χ0n) is 50.3. The third-order valence-electron chi connectivity index (χ3n) is 19.3. The zero-order valence-corrected chi connectivity index (χ0v) is 51.0. The van der Waals surface area contributed by atoms with Crippen molar-refractivity contribution in [1.29, 1.82) is 0 Å². The Labute approximate surface area is 484 Å². The van der Waals surface area contributed by atoms with Crippen LogP contribution in [-0.4, -0.2) is 0 Å². The molecule has 0 bridgehead atoms. The lowest BCUT2D eigenvalue weighted by molar-refractivity contribution is 0.426.